The molecule has 0 fully saturated rings. The highest BCUT2D eigenvalue weighted by molar-refractivity contribution is 9.10. The van der Waals surface area contributed by atoms with Crippen LogP contribution in [0.4, 0.5) is 0 Å². The van der Waals surface area contributed by atoms with Gasteiger partial charge in [0.15, 0.2) is 16.3 Å². The summed E-state index contributed by atoms with van der Waals surface area (Å²) in [6.45, 7) is 3.67. The highest BCUT2D eigenvalue weighted by Crippen LogP contribution is 2.33. The number of phenolic OH excluding ortho intramolecular Hbond substituents is 1. The van der Waals surface area contributed by atoms with E-state index in [1.54, 1.807) is 45.2 Å². The van der Waals surface area contributed by atoms with Crippen LogP contribution in [0, 0.1) is 0 Å². The number of hydrogen-bond donors (Lipinski definition) is 1. The summed E-state index contributed by atoms with van der Waals surface area (Å²) in [4.78, 5) is 31.7. The number of halogens is 1. The number of rotatable bonds is 6. The number of aromatic nitrogens is 1. The molecule has 1 aliphatic rings. The predicted molar refractivity (Wildman–Crippen MR) is 136 cm³/mol. The van der Waals surface area contributed by atoms with Gasteiger partial charge in [-0.25, -0.2) is 9.79 Å². The van der Waals surface area contributed by atoms with Gasteiger partial charge in [-0.15, -0.1) is 0 Å². The molecule has 35 heavy (non-hydrogen) atoms. The molecule has 0 bridgehead atoms. The van der Waals surface area contributed by atoms with Crippen LogP contribution in [0.15, 0.2) is 61.9 Å². The third-order valence-electron chi connectivity index (χ3n) is 5.53. The molecule has 10 heteroatoms. The van der Waals surface area contributed by atoms with Crippen LogP contribution in [-0.4, -0.2) is 36.5 Å². The number of allylic oxidation sites excluding steroid dienone is 1. The lowest BCUT2D eigenvalue weighted by molar-refractivity contribution is -0.139. The number of fused-ring (bicyclic) bond motifs is 1. The molecular formula is C25H23BrN2O6S. The third kappa shape index (κ3) is 4.63. The Morgan fingerprint density at radius 2 is 1.94 bits per heavy atom. The minimum atomic E-state index is -0.712. The SMILES string of the molecule is CCOC(=O)C1=C(C)N=c2sc(=Cc3cc(OC)c(O)cc3Br)c(=O)n2[C@@H]1c1ccc(OC)cc1. The molecule has 1 atom stereocenters. The monoisotopic (exact) mass is 558 g/mol. The van der Waals surface area contributed by atoms with Crippen molar-refractivity contribution in [2.75, 3.05) is 20.8 Å². The summed E-state index contributed by atoms with van der Waals surface area (Å²) in [6, 6.07) is 9.63. The lowest BCUT2D eigenvalue weighted by atomic mass is 9.96. The first-order valence-corrected chi connectivity index (χ1v) is 12.3. The molecule has 0 unspecified atom stereocenters. The maximum Gasteiger partial charge on any atom is 0.338 e. The number of carbonyl (C=O) groups is 1. The van der Waals surface area contributed by atoms with Gasteiger partial charge in [0.05, 0.1) is 42.7 Å². The molecule has 8 nitrogen and oxygen atoms in total. The molecule has 0 saturated heterocycles. The molecule has 0 aliphatic carbocycles. The first kappa shape index (κ1) is 24.7. The van der Waals surface area contributed by atoms with Gasteiger partial charge in [0, 0.05) is 4.47 Å². The van der Waals surface area contributed by atoms with E-state index < -0.39 is 12.0 Å². The Bertz CT molecular complexity index is 1500. The Morgan fingerprint density at radius 3 is 2.57 bits per heavy atom. The van der Waals surface area contributed by atoms with Gasteiger partial charge in [-0.2, -0.15) is 0 Å². The minimum absolute atomic E-state index is 0.0211. The second kappa shape index (κ2) is 10.1. The molecule has 0 spiro atoms. The van der Waals surface area contributed by atoms with Crippen molar-refractivity contribution in [1.29, 1.82) is 0 Å². The number of hydrogen-bond acceptors (Lipinski definition) is 8. The van der Waals surface area contributed by atoms with Gasteiger partial charge >= 0.3 is 5.97 Å². The summed E-state index contributed by atoms with van der Waals surface area (Å²) in [6.07, 6.45) is 1.70. The fraction of sp³-hybridized carbons (Fsp3) is 0.240. The largest absolute Gasteiger partial charge is 0.504 e. The van der Waals surface area contributed by atoms with E-state index in [4.69, 9.17) is 14.2 Å². The Kier molecular flexibility index (Phi) is 7.13. The summed E-state index contributed by atoms with van der Waals surface area (Å²) in [7, 11) is 3.03. The van der Waals surface area contributed by atoms with Crippen molar-refractivity contribution in [3.63, 3.8) is 0 Å². The van der Waals surface area contributed by atoms with Crippen LogP contribution in [0.25, 0.3) is 6.08 Å². The quantitative estimate of drug-likeness (QED) is 0.466. The number of thiazole rings is 1. The van der Waals surface area contributed by atoms with Crippen LogP contribution in [0.3, 0.4) is 0 Å². The number of carbonyl (C=O) groups excluding carboxylic acids is 1. The number of methoxy groups -OCH3 is 2. The topological polar surface area (TPSA) is 99.4 Å². The second-order valence-electron chi connectivity index (χ2n) is 7.62. The van der Waals surface area contributed by atoms with Crippen LogP contribution in [0.1, 0.15) is 31.0 Å². The number of phenols is 1. The normalized spacial score (nSPS) is 15.5. The van der Waals surface area contributed by atoms with Crippen molar-refractivity contribution in [3.05, 3.63) is 83.0 Å². The fourth-order valence-corrected chi connectivity index (χ4v) is 5.35. The van der Waals surface area contributed by atoms with E-state index in [2.05, 4.69) is 20.9 Å². The standard InChI is InChI=1S/C25H23BrN2O6S/c1-5-34-24(31)21-13(2)27-25-28(22(21)14-6-8-16(32-3)9-7-14)23(30)20(35-25)11-15-10-19(33-4)18(29)12-17(15)26/h6-12,22,29H,5H2,1-4H3/t22-/m1/s1. The van der Waals surface area contributed by atoms with E-state index in [9.17, 15) is 14.7 Å². The first-order chi connectivity index (χ1) is 16.8. The van der Waals surface area contributed by atoms with Crippen molar-refractivity contribution in [2.45, 2.75) is 19.9 Å². The smallest absolute Gasteiger partial charge is 0.338 e. The molecule has 4 rings (SSSR count). The molecule has 1 aliphatic heterocycles. The predicted octanol–water partition coefficient (Wildman–Crippen LogP) is 3.28. The van der Waals surface area contributed by atoms with Crippen molar-refractivity contribution >= 4 is 39.3 Å². The van der Waals surface area contributed by atoms with E-state index in [0.29, 0.717) is 36.4 Å². The molecule has 0 amide bonds. The van der Waals surface area contributed by atoms with Crippen molar-refractivity contribution < 1.29 is 24.1 Å². The number of esters is 1. The van der Waals surface area contributed by atoms with Gasteiger partial charge in [0.2, 0.25) is 0 Å². The Hall–Kier alpha value is -3.37. The maximum atomic E-state index is 13.7. The van der Waals surface area contributed by atoms with Crippen molar-refractivity contribution in [2.24, 2.45) is 4.99 Å². The van der Waals surface area contributed by atoms with E-state index in [-0.39, 0.29) is 23.7 Å². The van der Waals surface area contributed by atoms with Gasteiger partial charge in [-0.05, 0) is 55.3 Å². The van der Waals surface area contributed by atoms with Crippen molar-refractivity contribution in [1.82, 2.24) is 4.57 Å². The van der Waals surface area contributed by atoms with Gasteiger partial charge < -0.3 is 19.3 Å². The first-order valence-electron chi connectivity index (χ1n) is 10.7. The summed E-state index contributed by atoms with van der Waals surface area (Å²) >= 11 is 4.64. The summed E-state index contributed by atoms with van der Waals surface area (Å²) in [5.41, 5.74) is 1.87. The van der Waals surface area contributed by atoms with Crippen LogP contribution in [0.2, 0.25) is 0 Å². The molecule has 2 heterocycles. The molecular weight excluding hydrogens is 536 g/mol. The van der Waals surface area contributed by atoms with Gasteiger partial charge in [0.25, 0.3) is 5.56 Å². The molecule has 1 N–H and O–H groups in total. The average molecular weight is 559 g/mol. The average Bonchev–Trinajstić information content (AvgIpc) is 3.14. The molecule has 0 saturated carbocycles. The maximum absolute atomic E-state index is 13.7. The molecule has 0 radical (unpaired) electrons. The fourth-order valence-electron chi connectivity index (χ4n) is 3.87. The zero-order valence-electron chi connectivity index (χ0n) is 19.5. The summed E-state index contributed by atoms with van der Waals surface area (Å²) in [5, 5.41) is 10.0. The van der Waals surface area contributed by atoms with Crippen LogP contribution < -0.4 is 24.4 Å². The number of aromatic hydroxyl groups is 1. The molecule has 1 aromatic heterocycles. The van der Waals surface area contributed by atoms with Crippen molar-refractivity contribution in [3.8, 4) is 17.2 Å². The number of nitrogens with zero attached hydrogens (tertiary/aromatic N) is 2. The third-order valence-corrected chi connectivity index (χ3v) is 7.20. The van der Waals surface area contributed by atoms with Gasteiger partial charge in [-0.1, -0.05) is 39.4 Å². The lowest BCUT2D eigenvalue weighted by Crippen LogP contribution is -2.39. The van der Waals surface area contributed by atoms with E-state index in [1.165, 1.54) is 29.1 Å². The van der Waals surface area contributed by atoms with Crippen LogP contribution in [-0.2, 0) is 9.53 Å². The van der Waals surface area contributed by atoms with E-state index in [0.717, 1.165) is 5.56 Å². The van der Waals surface area contributed by atoms with Gasteiger partial charge in [-0.3, -0.25) is 9.36 Å². The zero-order valence-corrected chi connectivity index (χ0v) is 21.9. The Balaban J connectivity index is 1.95. The molecule has 2 aromatic carbocycles. The van der Waals surface area contributed by atoms with Crippen LogP contribution >= 0.6 is 27.3 Å². The zero-order chi connectivity index (χ0) is 25.3. The summed E-state index contributed by atoms with van der Waals surface area (Å²) < 4.78 is 18.3. The Labute approximate surface area is 213 Å². The second-order valence-corrected chi connectivity index (χ2v) is 9.48. The summed E-state index contributed by atoms with van der Waals surface area (Å²) in [5.74, 6) is 0.400. The van der Waals surface area contributed by atoms with E-state index >= 15 is 0 Å². The highest BCUT2D eigenvalue weighted by atomic mass is 79.9. The number of ether oxygens (including phenoxy) is 3. The minimum Gasteiger partial charge on any atom is -0.504 e. The van der Waals surface area contributed by atoms with Gasteiger partial charge in [0.1, 0.15) is 5.75 Å². The lowest BCUT2D eigenvalue weighted by Gasteiger charge is -2.24. The Morgan fingerprint density at radius 1 is 1.23 bits per heavy atom. The highest BCUT2D eigenvalue weighted by Gasteiger charge is 2.33. The molecule has 3 aromatic rings. The number of benzene rings is 2. The molecule has 182 valence electrons. The van der Waals surface area contributed by atoms with Crippen LogP contribution in [0.5, 0.6) is 17.2 Å². The van der Waals surface area contributed by atoms with E-state index in [1.807, 2.05) is 12.1 Å².